The van der Waals surface area contributed by atoms with E-state index in [0.29, 0.717) is 5.56 Å². The van der Waals surface area contributed by atoms with Crippen molar-refractivity contribution in [1.82, 2.24) is 11.1 Å². The largest absolute Gasteiger partial charge is 0.344 e. The highest BCUT2D eigenvalue weighted by Gasteiger charge is 2.14. The van der Waals surface area contributed by atoms with Crippen LogP contribution in [0.3, 0.4) is 0 Å². The van der Waals surface area contributed by atoms with Gasteiger partial charge in [0.1, 0.15) is 11.6 Å². The first-order valence-corrected chi connectivity index (χ1v) is 5.56. The molecule has 96 valence electrons. The number of rotatable bonds is 3. The lowest BCUT2D eigenvalue weighted by Gasteiger charge is -2.15. The average molecular weight is 250 g/mol. The zero-order valence-electron chi connectivity index (χ0n) is 10.2. The van der Waals surface area contributed by atoms with Gasteiger partial charge in [0.05, 0.1) is 0 Å². The summed E-state index contributed by atoms with van der Waals surface area (Å²) in [6.45, 7) is 1.99. The Morgan fingerprint density at radius 1 is 1.11 bits per heavy atom. The topological polar surface area (TPSA) is 47.9 Å². The molecule has 2 rings (SSSR count). The fourth-order valence-corrected chi connectivity index (χ4v) is 2.02. The molecule has 0 aliphatic heterocycles. The Bertz CT molecular complexity index is 480. The van der Waals surface area contributed by atoms with Gasteiger partial charge in [-0.25, -0.2) is 8.78 Å². The quantitative estimate of drug-likeness (QED) is 0.892. The molecule has 0 radical (unpaired) electrons. The highest BCUT2D eigenvalue weighted by molar-refractivity contribution is 5.31. The van der Waals surface area contributed by atoms with Crippen LogP contribution in [0.5, 0.6) is 0 Å². The first kappa shape index (κ1) is 14.3. The third-order valence-electron chi connectivity index (χ3n) is 2.78. The molecule has 18 heavy (non-hydrogen) atoms. The van der Waals surface area contributed by atoms with Gasteiger partial charge in [-0.05, 0) is 35.7 Å². The van der Waals surface area contributed by atoms with Crippen molar-refractivity contribution in [2.24, 2.45) is 0 Å². The van der Waals surface area contributed by atoms with Gasteiger partial charge in [-0.3, -0.25) is 4.98 Å². The van der Waals surface area contributed by atoms with Crippen molar-refractivity contribution in [1.29, 1.82) is 0 Å². The van der Waals surface area contributed by atoms with Crippen LogP contribution in [-0.2, 0) is 0 Å². The van der Waals surface area contributed by atoms with Gasteiger partial charge in [0.2, 0.25) is 0 Å². The fourth-order valence-electron chi connectivity index (χ4n) is 2.02. The van der Waals surface area contributed by atoms with E-state index in [0.717, 1.165) is 18.1 Å². The molecule has 0 aliphatic rings. The number of halogens is 2. The van der Waals surface area contributed by atoms with Crippen LogP contribution in [-0.4, -0.2) is 4.98 Å². The highest BCUT2D eigenvalue weighted by Crippen LogP contribution is 2.28. The van der Waals surface area contributed by atoms with Crippen LogP contribution in [0.25, 0.3) is 0 Å². The van der Waals surface area contributed by atoms with Crippen LogP contribution in [0.4, 0.5) is 8.78 Å². The molecule has 0 aliphatic carbocycles. The second-order valence-electron chi connectivity index (χ2n) is 3.95. The van der Waals surface area contributed by atoms with Gasteiger partial charge in [0.15, 0.2) is 0 Å². The third-order valence-corrected chi connectivity index (χ3v) is 2.78. The molecule has 0 amide bonds. The maximum Gasteiger partial charge on any atom is 0.126 e. The van der Waals surface area contributed by atoms with Gasteiger partial charge in [-0.1, -0.05) is 13.0 Å². The maximum absolute atomic E-state index is 13.2. The Morgan fingerprint density at radius 2 is 1.78 bits per heavy atom. The van der Waals surface area contributed by atoms with Gasteiger partial charge >= 0.3 is 0 Å². The van der Waals surface area contributed by atoms with E-state index >= 15 is 0 Å². The Labute approximate surface area is 105 Å². The summed E-state index contributed by atoms with van der Waals surface area (Å²) in [5.74, 6) is -1.10. The molecule has 2 aromatic rings. The van der Waals surface area contributed by atoms with Crippen LogP contribution in [0, 0.1) is 11.6 Å². The molecule has 0 bridgehead atoms. The summed E-state index contributed by atoms with van der Waals surface area (Å²) in [6.07, 6.45) is 4.19. The summed E-state index contributed by atoms with van der Waals surface area (Å²) in [7, 11) is 0. The molecule has 1 aromatic carbocycles. The van der Waals surface area contributed by atoms with Crippen molar-refractivity contribution in [2.75, 3.05) is 0 Å². The summed E-state index contributed by atoms with van der Waals surface area (Å²) < 4.78 is 26.4. The van der Waals surface area contributed by atoms with Crippen molar-refractivity contribution in [2.45, 2.75) is 19.3 Å². The van der Waals surface area contributed by atoms with E-state index in [9.17, 15) is 8.78 Å². The molecule has 4 heteroatoms. The first-order chi connectivity index (χ1) is 8.20. The minimum absolute atomic E-state index is 0. The molecule has 1 atom stereocenters. The zero-order chi connectivity index (χ0) is 12.3. The summed E-state index contributed by atoms with van der Waals surface area (Å²) in [5.41, 5.74) is 1.62. The van der Waals surface area contributed by atoms with E-state index in [1.165, 1.54) is 12.1 Å². The van der Waals surface area contributed by atoms with E-state index in [1.54, 1.807) is 12.4 Å². The molecule has 0 saturated heterocycles. The fraction of sp³-hybridized carbons (Fsp3) is 0.214. The first-order valence-electron chi connectivity index (χ1n) is 5.56. The van der Waals surface area contributed by atoms with E-state index < -0.39 is 11.6 Å². The Hall–Kier alpha value is -1.81. The molecule has 1 heterocycles. The number of aromatic nitrogens is 1. The standard InChI is InChI=1S/C14H13F2N.H3N/c1-2-14(10-4-3-5-17-9-10)11-6-12(15)8-13(16)7-11;/h3-9,14H,2H2,1H3;1H3. The van der Waals surface area contributed by atoms with Crippen molar-refractivity contribution < 1.29 is 8.78 Å². The normalized spacial score (nSPS) is 11.7. The Balaban J connectivity index is 0.00000162. The Kier molecular flexibility index (Phi) is 4.92. The SMILES string of the molecule is CCC(c1cccnc1)c1cc(F)cc(F)c1.N. The highest BCUT2D eigenvalue weighted by atomic mass is 19.1. The van der Waals surface area contributed by atoms with Gasteiger partial charge in [-0.15, -0.1) is 0 Å². The minimum atomic E-state index is -0.539. The lowest BCUT2D eigenvalue weighted by molar-refractivity contribution is 0.576. The van der Waals surface area contributed by atoms with E-state index in [1.807, 2.05) is 19.1 Å². The number of pyridine rings is 1. The summed E-state index contributed by atoms with van der Waals surface area (Å²) in [5, 5.41) is 0. The number of nitrogens with zero attached hydrogens (tertiary/aromatic N) is 1. The predicted octanol–water partition coefficient (Wildman–Crippen LogP) is 4.06. The zero-order valence-corrected chi connectivity index (χ0v) is 10.2. The summed E-state index contributed by atoms with van der Waals surface area (Å²) >= 11 is 0. The molecule has 1 unspecified atom stereocenters. The molecular formula is C14H16F2N2. The smallest absolute Gasteiger partial charge is 0.126 e. The van der Waals surface area contributed by atoms with Gasteiger partial charge in [-0.2, -0.15) is 0 Å². The van der Waals surface area contributed by atoms with Crippen LogP contribution in [0.15, 0.2) is 42.7 Å². The lowest BCUT2D eigenvalue weighted by Crippen LogP contribution is -2.01. The summed E-state index contributed by atoms with van der Waals surface area (Å²) in [6, 6.07) is 7.39. The number of hydrogen-bond acceptors (Lipinski definition) is 2. The van der Waals surface area contributed by atoms with Gasteiger partial charge in [0.25, 0.3) is 0 Å². The van der Waals surface area contributed by atoms with Crippen molar-refractivity contribution in [3.63, 3.8) is 0 Å². The third kappa shape index (κ3) is 3.11. The van der Waals surface area contributed by atoms with E-state index in [4.69, 9.17) is 0 Å². The monoisotopic (exact) mass is 250 g/mol. The van der Waals surface area contributed by atoms with Crippen LogP contribution in [0.2, 0.25) is 0 Å². The van der Waals surface area contributed by atoms with Crippen LogP contribution >= 0.6 is 0 Å². The van der Waals surface area contributed by atoms with Crippen LogP contribution < -0.4 is 6.15 Å². The molecule has 2 nitrogen and oxygen atoms in total. The average Bonchev–Trinajstić information content (AvgIpc) is 2.30. The lowest BCUT2D eigenvalue weighted by atomic mass is 9.90. The second-order valence-corrected chi connectivity index (χ2v) is 3.95. The molecule has 3 N–H and O–H groups in total. The Morgan fingerprint density at radius 3 is 2.28 bits per heavy atom. The molecule has 0 saturated carbocycles. The van der Waals surface area contributed by atoms with Crippen LogP contribution in [0.1, 0.15) is 30.4 Å². The minimum Gasteiger partial charge on any atom is -0.344 e. The maximum atomic E-state index is 13.2. The van der Waals surface area contributed by atoms with Crippen molar-refractivity contribution in [3.05, 3.63) is 65.5 Å². The molecular weight excluding hydrogens is 234 g/mol. The number of benzene rings is 1. The second kappa shape index (κ2) is 6.21. The van der Waals surface area contributed by atoms with E-state index in [2.05, 4.69) is 4.98 Å². The molecule has 1 aromatic heterocycles. The van der Waals surface area contributed by atoms with Gasteiger partial charge < -0.3 is 6.15 Å². The van der Waals surface area contributed by atoms with Crippen molar-refractivity contribution >= 4 is 0 Å². The number of hydrogen-bond donors (Lipinski definition) is 1. The van der Waals surface area contributed by atoms with E-state index in [-0.39, 0.29) is 12.1 Å². The molecule has 0 spiro atoms. The predicted molar refractivity (Wildman–Crippen MR) is 67.8 cm³/mol. The van der Waals surface area contributed by atoms with Crippen molar-refractivity contribution in [3.8, 4) is 0 Å². The molecule has 0 fully saturated rings. The summed E-state index contributed by atoms with van der Waals surface area (Å²) in [4.78, 5) is 4.04. The van der Waals surface area contributed by atoms with Gasteiger partial charge in [0, 0.05) is 24.4 Å².